The maximum Gasteiger partial charge on any atom is 0.241 e. The summed E-state index contributed by atoms with van der Waals surface area (Å²) >= 11 is 0. The number of nitrogens with one attached hydrogen (secondary N) is 1. The van der Waals surface area contributed by atoms with Crippen molar-refractivity contribution < 1.29 is 8.42 Å². The van der Waals surface area contributed by atoms with E-state index in [4.69, 9.17) is 5.73 Å². The Balaban J connectivity index is 2.92. The van der Waals surface area contributed by atoms with Gasteiger partial charge in [0.15, 0.2) is 0 Å². The number of sulfonamides is 1. The van der Waals surface area contributed by atoms with Gasteiger partial charge in [0.1, 0.15) is 0 Å². The molecule has 1 rings (SSSR count). The molecule has 0 atom stereocenters. The van der Waals surface area contributed by atoms with Crippen LogP contribution in [0.2, 0.25) is 0 Å². The zero-order valence-corrected chi connectivity index (χ0v) is 12.0. The van der Waals surface area contributed by atoms with Crippen LogP contribution < -0.4 is 10.5 Å². The van der Waals surface area contributed by atoms with Crippen LogP contribution >= 0.6 is 0 Å². The topological polar surface area (TPSA) is 72.2 Å². The predicted molar refractivity (Wildman–Crippen MR) is 73.9 cm³/mol. The maximum atomic E-state index is 12.1. The molecule has 0 bridgehead atoms. The fraction of sp³-hybridized carbons (Fsp3) is 0.538. The van der Waals surface area contributed by atoms with Gasteiger partial charge in [-0.15, -0.1) is 0 Å². The van der Waals surface area contributed by atoms with E-state index in [0.717, 1.165) is 18.4 Å². The summed E-state index contributed by atoms with van der Waals surface area (Å²) < 4.78 is 26.8. The molecule has 1 aromatic carbocycles. The first kappa shape index (κ1) is 15.1. The molecule has 1 aromatic rings. The first-order valence-electron chi connectivity index (χ1n) is 6.14. The molecule has 18 heavy (non-hydrogen) atoms. The molecule has 0 aliphatic carbocycles. The Morgan fingerprint density at radius 3 is 2.22 bits per heavy atom. The molecule has 102 valence electrons. The number of rotatable bonds is 6. The van der Waals surface area contributed by atoms with Gasteiger partial charge in [-0.1, -0.05) is 25.5 Å². The molecule has 5 heteroatoms. The van der Waals surface area contributed by atoms with E-state index in [-0.39, 0.29) is 11.4 Å². The quantitative estimate of drug-likeness (QED) is 0.825. The van der Waals surface area contributed by atoms with E-state index < -0.39 is 15.6 Å². The first-order chi connectivity index (χ1) is 8.30. The van der Waals surface area contributed by atoms with E-state index in [9.17, 15) is 8.42 Å². The Morgan fingerprint density at radius 2 is 1.78 bits per heavy atom. The molecule has 4 nitrogen and oxygen atoms in total. The minimum Gasteiger partial charge on any atom is -0.329 e. The van der Waals surface area contributed by atoms with Gasteiger partial charge in [0.25, 0.3) is 0 Å². The monoisotopic (exact) mass is 270 g/mol. The minimum atomic E-state index is -3.49. The van der Waals surface area contributed by atoms with Crippen LogP contribution in [0.25, 0.3) is 0 Å². The summed E-state index contributed by atoms with van der Waals surface area (Å²) in [7, 11) is -3.49. The van der Waals surface area contributed by atoms with Gasteiger partial charge in [-0.3, -0.25) is 0 Å². The summed E-state index contributed by atoms with van der Waals surface area (Å²) in [5.41, 5.74) is 6.04. The van der Waals surface area contributed by atoms with Crippen molar-refractivity contribution in [2.75, 3.05) is 6.54 Å². The van der Waals surface area contributed by atoms with E-state index in [1.54, 1.807) is 26.0 Å². The molecule has 0 aliphatic heterocycles. The minimum absolute atomic E-state index is 0.250. The van der Waals surface area contributed by atoms with E-state index in [0.29, 0.717) is 0 Å². The highest BCUT2D eigenvalue weighted by atomic mass is 32.2. The molecule has 0 unspecified atom stereocenters. The Morgan fingerprint density at radius 1 is 1.22 bits per heavy atom. The first-order valence-corrected chi connectivity index (χ1v) is 7.62. The fourth-order valence-corrected chi connectivity index (χ4v) is 3.01. The largest absolute Gasteiger partial charge is 0.329 e. The standard InChI is InChI=1S/C13H22N2O2S/c1-4-5-11-6-8-12(9-7-11)18(16,17)15-13(2,3)10-14/h6-9,15H,4-5,10,14H2,1-3H3. The van der Waals surface area contributed by atoms with Gasteiger partial charge in [0, 0.05) is 12.1 Å². The molecule has 0 spiro atoms. The van der Waals surface area contributed by atoms with E-state index in [2.05, 4.69) is 11.6 Å². The number of aryl methyl sites for hydroxylation is 1. The van der Waals surface area contributed by atoms with Crippen LogP contribution in [-0.4, -0.2) is 20.5 Å². The summed E-state index contributed by atoms with van der Waals surface area (Å²) in [4.78, 5) is 0.281. The number of hydrogen-bond acceptors (Lipinski definition) is 3. The lowest BCUT2D eigenvalue weighted by molar-refractivity contribution is 0.462. The third kappa shape index (κ3) is 4.08. The maximum absolute atomic E-state index is 12.1. The second kappa shape index (κ2) is 5.82. The van der Waals surface area contributed by atoms with Gasteiger partial charge in [-0.05, 0) is 38.0 Å². The van der Waals surface area contributed by atoms with Crippen molar-refractivity contribution in [3.63, 3.8) is 0 Å². The second-order valence-electron chi connectivity index (χ2n) is 5.09. The predicted octanol–water partition coefficient (Wildman–Crippen LogP) is 1.65. The van der Waals surface area contributed by atoms with Gasteiger partial charge in [0.05, 0.1) is 4.90 Å². The van der Waals surface area contributed by atoms with Crippen LogP contribution in [0, 0.1) is 0 Å². The molecular weight excluding hydrogens is 248 g/mol. The summed E-state index contributed by atoms with van der Waals surface area (Å²) in [5.74, 6) is 0. The molecule has 0 aromatic heterocycles. The third-order valence-corrected chi connectivity index (χ3v) is 4.41. The molecule has 0 radical (unpaired) electrons. The lowest BCUT2D eigenvalue weighted by atomic mass is 10.1. The van der Waals surface area contributed by atoms with Crippen molar-refractivity contribution in [3.8, 4) is 0 Å². The van der Waals surface area contributed by atoms with E-state index in [1.165, 1.54) is 0 Å². The molecule has 0 saturated carbocycles. The van der Waals surface area contributed by atoms with Crippen molar-refractivity contribution in [2.24, 2.45) is 5.73 Å². The van der Waals surface area contributed by atoms with Gasteiger partial charge < -0.3 is 5.73 Å². The Hall–Kier alpha value is -0.910. The highest BCUT2D eigenvalue weighted by Gasteiger charge is 2.24. The highest BCUT2D eigenvalue weighted by Crippen LogP contribution is 2.14. The average Bonchev–Trinajstić information content (AvgIpc) is 2.29. The molecule has 0 aliphatic rings. The van der Waals surface area contributed by atoms with Crippen LogP contribution in [-0.2, 0) is 16.4 Å². The number of nitrogens with two attached hydrogens (primary N) is 1. The van der Waals surface area contributed by atoms with Crippen LogP contribution in [0.5, 0.6) is 0 Å². The Bertz CT molecular complexity index is 478. The van der Waals surface area contributed by atoms with Crippen molar-refractivity contribution in [1.82, 2.24) is 4.72 Å². The zero-order chi connectivity index (χ0) is 13.8. The van der Waals surface area contributed by atoms with Gasteiger partial charge in [-0.2, -0.15) is 0 Å². The lowest BCUT2D eigenvalue weighted by Crippen LogP contribution is -2.48. The van der Waals surface area contributed by atoms with Crippen molar-refractivity contribution >= 4 is 10.0 Å². The van der Waals surface area contributed by atoms with Gasteiger partial charge >= 0.3 is 0 Å². The Kier molecular flexibility index (Phi) is 4.90. The fourth-order valence-electron chi connectivity index (χ4n) is 1.59. The zero-order valence-electron chi connectivity index (χ0n) is 11.2. The van der Waals surface area contributed by atoms with E-state index >= 15 is 0 Å². The summed E-state index contributed by atoms with van der Waals surface area (Å²) in [6, 6.07) is 6.99. The second-order valence-corrected chi connectivity index (χ2v) is 6.77. The summed E-state index contributed by atoms with van der Waals surface area (Å²) in [6.45, 7) is 5.86. The van der Waals surface area contributed by atoms with Gasteiger partial charge in [0.2, 0.25) is 10.0 Å². The Labute approximate surface area is 110 Å². The van der Waals surface area contributed by atoms with Crippen molar-refractivity contribution in [1.29, 1.82) is 0 Å². The number of benzene rings is 1. The van der Waals surface area contributed by atoms with Crippen molar-refractivity contribution in [3.05, 3.63) is 29.8 Å². The van der Waals surface area contributed by atoms with Crippen molar-refractivity contribution in [2.45, 2.75) is 44.0 Å². The van der Waals surface area contributed by atoms with E-state index in [1.807, 2.05) is 12.1 Å². The summed E-state index contributed by atoms with van der Waals surface area (Å²) in [6.07, 6.45) is 2.01. The molecule has 0 saturated heterocycles. The molecule has 0 amide bonds. The lowest BCUT2D eigenvalue weighted by Gasteiger charge is -2.23. The number of hydrogen-bond donors (Lipinski definition) is 2. The molecule has 3 N–H and O–H groups in total. The molecule has 0 heterocycles. The van der Waals surface area contributed by atoms with Gasteiger partial charge in [-0.25, -0.2) is 13.1 Å². The van der Waals surface area contributed by atoms with Crippen LogP contribution in [0.15, 0.2) is 29.2 Å². The molecular formula is C13H22N2O2S. The van der Waals surface area contributed by atoms with Crippen LogP contribution in [0.4, 0.5) is 0 Å². The summed E-state index contributed by atoms with van der Waals surface area (Å²) in [5, 5.41) is 0. The van der Waals surface area contributed by atoms with Crippen LogP contribution in [0.3, 0.4) is 0 Å². The van der Waals surface area contributed by atoms with Crippen LogP contribution in [0.1, 0.15) is 32.8 Å². The normalized spacial score (nSPS) is 12.7. The SMILES string of the molecule is CCCc1ccc(S(=O)(=O)NC(C)(C)CN)cc1. The highest BCUT2D eigenvalue weighted by molar-refractivity contribution is 7.89. The molecule has 0 fully saturated rings. The third-order valence-electron chi connectivity index (χ3n) is 2.69. The average molecular weight is 270 g/mol. The smallest absolute Gasteiger partial charge is 0.241 e.